The van der Waals surface area contributed by atoms with Gasteiger partial charge in [0.1, 0.15) is 5.65 Å². The lowest BCUT2D eigenvalue weighted by molar-refractivity contribution is -0.118. The number of nitrogens with one attached hydrogen (secondary N) is 3. The number of anilines is 1. The number of H-pyrrole nitrogens is 1. The van der Waals surface area contributed by atoms with E-state index in [-0.39, 0.29) is 23.8 Å². The van der Waals surface area contributed by atoms with E-state index in [0.29, 0.717) is 27.6 Å². The van der Waals surface area contributed by atoms with Gasteiger partial charge >= 0.3 is 0 Å². The maximum atomic E-state index is 14.7. The Morgan fingerprint density at radius 2 is 2.00 bits per heavy atom. The van der Waals surface area contributed by atoms with E-state index in [1.165, 1.54) is 0 Å². The maximum absolute atomic E-state index is 14.7. The molecule has 0 spiro atoms. The maximum Gasteiger partial charge on any atom is 0.251 e. The van der Waals surface area contributed by atoms with E-state index in [9.17, 15) is 9.18 Å². The molecule has 5 rings (SSSR count). The second kappa shape index (κ2) is 9.31. The fourth-order valence-electron chi connectivity index (χ4n) is 4.45. The van der Waals surface area contributed by atoms with Crippen molar-refractivity contribution >= 4 is 34.4 Å². The molecule has 3 heterocycles. The van der Waals surface area contributed by atoms with E-state index < -0.39 is 5.82 Å². The first-order chi connectivity index (χ1) is 16.1. The van der Waals surface area contributed by atoms with E-state index in [1.54, 1.807) is 18.5 Å². The first-order valence-corrected chi connectivity index (χ1v) is 11.6. The molecule has 0 bridgehead atoms. The highest BCUT2D eigenvalue weighted by Crippen LogP contribution is 2.29. The molecular weight excluding hydrogens is 443 g/mol. The van der Waals surface area contributed by atoms with Crippen molar-refractivity contribution in [1.82, 2.24) is 25.3 Å². The lowest BCUT2D eigenvalue weighted by Crippen LogP contribution is -2.49. The summed E-state index contributed by atoms with van der Waals surface area (Å²) in [5, 5.41) is 7.63. The quantitative estimate of drug-likeness (QED) is 0.495. The first-order valence-electron chi connectivity index (χ1n) is 11.2. The number of hydrogen-bond donors (Lipinski definition) is 3. The first kappa shape index (κ1) is 21.6. The van der Waals surface area contributed by atoms with Crippen molar-refractivity contribution < 1.29 is 9.18 Å². The van der Waals surface area contributed by atoms with Gasteiger partial charge in [-0.3, -0.25) is 4.79 Å². The number of carbonyl (C=O) groups excluding carboxylic acids is 1. The molecule has 2 unspecified atom stereocenters. The molecular formula is C24H24ClFN6O. The van der Waals surface area contributed by atoms with Gasteiger partial charge in [-0.2, -0.15) is 0 Å². The summed E-state index contributed by atoms with van der Waals surface area (Å²) >= 11 is 6.10. The average Bonchev–Trinajstić information content (AvgIpc) is 3.25. The van der Waals surface area contributed by atoms with Crippen molar-refractivity contribution in [2.45, 2.75) is 50.6 Å². The Hall–Kier alpha value is -3.26. The van der Waals surface area contributed by atoms with Gasteiger partial charge in [-0.15, -0.1) is 0 Å². The lowest BCUT2D eigenvalue weighted by atomic mass is 9.90. The third-order valence-corrected chi connectivity index (χ3v) is 6.35. The predicted octanol–water partition coefficient (Wildman–Crippen LogP) is 4.93. The van der Waals surface area contributed by atoms with Gasteiger partial charge in [-0.05, 0) is 31.7 Å². The van der Waals surface area contributed by atoms with Gasteiger partial charge in [0.25, 0.3) is 5.91 Å². The van der Waals surface area contributed by atoms with Crippen LogP contribution in [0.2, 0.25) is 5.02 Å². The molecule has 2 atom stereocenters. The summed E-state index contributed by atoms with van der Waals surface area (Å²) in [6.45, 7) is 0. The Kier molecular flexibility index (Phi) is 6.09. The third kappa shape index (κ3) is 4.61. The van der Waals surface area contributed by atoms with Crippen LogP contribution in [-0.4, -0.2) is 37.9 Å². The number of fused-ring (bicyclic) bond motifs is 1. The normalized spacial score (nSPS) is 20.5. The zero-order valence-electron chi connectivity index (χ0n) is 17.9. The Morgan fingerprint density at radius 1 is 1.15 bits per heavy atom. The topological polar surface area (TPSA) is 95.6 Å². The molecule has 170 valence electrons. The highest BCUT2D eigenvalue weighted by Gasteiger charge is 2.28. The largest absolute Gasteiger partial charge is 0.363 e. The minimum Gasteiger partial charge on any atom is -0.363 e. The summed E-state index contributed by atoms with van der Waals surface area (Å²) in [4.78, 5) is 28.7. The Labute approximate surface area is 195 Å². The van der Waals surface area contributed by atoms with Gasteiger partial charge in [0.05, 0.1) is 11.2 Å². The molecule has 9 heteroatoms. The van der Waals surface area contributed by atoms with Crippen LogP contribution in [0.5, 0.6) is 0 Å². The summed E-state index contributed by atoms with van der Waals surface area (Å²) in [7, 11) is 0. The number of allylic oxidation sites excluding steroid dienone is 2. The molecule has 0 aromatic carbocycles. The molecule has 1 fully saturated rings. The molecule has 1 amide bonds. The smallest absolute Gasteiger partial charge is 0.251 e. The molecule has 0 saturated heterocycles. The van der Waals surface area contributed by atoms with Crippen LogP contribution in [0, 0.1) is 5.82 Å². The lowest BCUT2D eigenvalue weighted by Gasteiger charge is -2.33. The number of pyridine rings is 1. The molecule has 2 aliphatic carbocycles. The van der Waals surface area contributed by atoms with Crippen molar-refractivity contribution in [3.05, 3.63) is 59.3 Å². The second-order valence-electron chi connectivity index (χ2n) is 8.40. The minimum absolute atomic E-state index is 0.0864. The van der Waals surface area contributed by atoms with Gasteiger partial charge in [-0.1, -0.05) is 42.7 Å². The van der Waals surface area contributed by atoms with E-state index in [0.717, 1.165) is 50.1 Å². The number of nitrogens with zero attached hydrogens (tertiary/aromatic N) is 3. The van der Waals surface area contributed by atoms with Crippen LogP contribution in [0.1, 0.15) is 38.5 Å². The average molecular weight is 467 g/mol. The summed E-state index contributed by atoms with van der Waals surface area (Å²) in [6.07, 6.45) is 15.8. The Morgan fingerprint density at radius 3 is 2.82 bits per heavy atom. The van der Waals surface area contributed by atoms with Crippen molar-refractivity contribution in [3.8, 4) is 11.4 Å². The molecule has 3 aromatic heterocycles. The van der Waals surface area contributed by atoms with E-state index in [1.807, 2.05) is 18.2 Å². The number of amides is 1. The number of rotatable bonds is 5. The van der Waals surface area contributed by atoms with Crippen LogP contribution in [0.3, 0.4) is 0 Å². The van der Waals surface area contributed by atoms with Crippen molar-refractivity contribution in [1.29, 1.82) is 0 Å². The van der Waals surface area contributed by atoms with Gasteiger partial charge in [0.2, 0.25) is 0 Å². The number of hydrogen-bond acceptors (Lipinski definition) is 5. The second-order valence-corrected chi connectivity index (χ2v) is 8.83. The summed E-state index contributed by atoms with van der Waals surface area (Å²) in [5.41, 5.74) is 2.03. The van der Waals surface area contributed by atoms with Gasteiger partial charge in [-0.25, -0.2) is 19.3 Å². The molecule has 1 saturated carbocycles. The van der Waals surface area contributed by atoms with Crippen LogP contribution < -0.4 is 10.6 Å². The summed E-state index contributed by atoms with van der Waals surface area (Å²) in [5.74, 6) is -0.143. The van der Waals surface area contributed by atoms with Gasteiger partial charge in [0.15, 0.2) is 17.5 Å². The highest BCUT2D eigenvalue weighted by atomic mass is 35.5. The summed E-state index contributed by atoms with van der Waals surface area (Å²) in [6, 6.07) is 1.53. The Balaban J connectivity index is 1.38. The molecule has 7 nitrogen and oxygen atoms in total. The van der Waals surface area contributed by atoms with Crippen LogP contribution in [0.25, 0.3) is 22.4 Å². The van der Waals surface area contributed by atoms with Gasteiger partial charge in [0, 0.05) is 41.0 Å². The Bertz CT molecular complexity index is 1250. The number of carbonyl (C=O) groups is 1. The summed E-state index contributed by atoms with van der Waals surface area (Å²) < 4.78 is 14.7. The van der Waals surface area contributed by atoms with Crippen LogP contribution in [-0.2, 0) is 4.79 Å². The molecule has 33 heavy (non-hydrogen) atoms. The monoisotopic (exact) mass is 466 g/mol. The third-order valence-electron chi connectivity index (χ3n) is 6.14. The van der Waals surface area contributed by atoms with Crippen LogP contribution in [0.15, 0.2) is 48.5 Å². The van der Waals surface area contributed by atoms with E-state index >= 15 is 0 Å². The molecule has 3 aromatic rings. The predicted molar refractivity (Wildman–Crippen MR) is 126 cm³/mol. The standard InChI is InChI=1S/C24H24ClFN6O/c25-15-10-16-17(12-28-21(16)27-11-15)22-29-13-18(26)23(32-22)30-19-8-4-5-9-20(19)31-24(33)14-6-2-1-3-7-14/h2,6-7,10-13,19-20H,1,3-5,8-9H2,(H,27,28)(H,31,33)(H,29,30,32). The fourth-order valence-corrected chi connectivity index (χ4v) is 4.60. The SMILES string of the molecule is O=C(NC1CCCCC1Nc1nc(-c2c[nH]c3ncc(Cl)cc23)ncc1F)C1=CCCC=C1. The van der Waals surface area contributed by atoms with Crippen molar-refractivity contribution in [2.75, 3.05) is 5.32 Å². The number of halogens is 2. The van der Waals surface area contributed by atoms with E-state index in [4.69, 9.17) is 11.6 Å². The molecule has 0 radical (unpaired) electrons. The molecule has 2 aliphatic rings. The minimum atomic E-state index is -0.539. The van der Waals surface area contributed by atoms with Crippen molar-refractivity contribution in [2.24, 2.45) is 0 Å². The number of aromatic nitrogens is 4. The van der Waals surface area contributed by atoms with Crippen molar-refractivity contribution in [3.63, 3.8) is 0 Å². The van der Waals surface area contributed by atoms with E-state index in [2.05, 4.69) is 30.6 Å². The zero-order chi connectivity index (χ0) is 22.8. The molecule has 0 aliphatic heterocycles. The number of aromatic amines is 1. The molecule has 3 N–H and O–H groups in total. The zero-order valence-corrected chi connectivity index (χ0v) is 18.7. The van der Waals surface area contributed by atoms with Gasteiger partial charge < -0.3 is 15.6 Å². The fraction of sp³-hybridized carbons (Fsp3) is 0.333. The van der Waals surface area contributed by atoms with Crippen LogP contribution >= 0.6 is 11.6 Å². The highest BCUT2D eigenvalue weighted by molar-refractivity contribution is 6.31. The van der Waals surface area contributed by atoms with Crippen LogP contribution in [0.4, 0.5) is 10.2 Å².